The monoisotopic (exact) mass is 250 g/mol. The van der Waals surface area contributed by atoms with Crippen molar-refractivity contribution in [2.24, 2.45) is 11.3 Å². The third-order valence-electron chi connectivity index (χ3n) is 3.51. The minimum Gasteiger partial charge on any atom is -0.461 e. The first-order valence-electron chi connectivity index (χ1n) is 6.29. The van der Waals surface area contributed by atoms with E-state index in [-0.39, 0.29) is 23.9 Å². The number of hydrogen-bond donors (Lipinski definition) is 1. The van der Waals surface area contributed by atoms with Crippen LogP contribution in [-0.2, 0) is 16.1 Å². The Bertz CT molecular complexity index is 371. The van der Waals surface area contributed by atoms with Crippen LogP contribution in [0.5, 0.6) is 0 Å². The number of carbonyl (C=O) groups excluding carboxylic acids is 1. The number of hydrogen-bond acceptors (Lipinski definition) is 3. The number of carbonyl (C=O) groups is 1. The number of aliphatic hydroxyl groups is 1. The minimum atomic E-state index is -0.247. The van der Waals surface area contributed by atoms with Crippen LogP contribution in [0.4, 0.5) is 0 Å². The number of benzene rings is 1. The fourth-order valence-corrected chi connectivity index (χ4v) is 1.68. The molecular formula is C15H22O3. The maximum absolute atomic E-state index is 11.9. The predicted molar refractivity (Wildman–Crippen MR) is 70.9 cm³/mol. The van der Waals surface area contributed by atoms with Gasteiger partial charge in [-0.05, 0) is 17.4 Å². The van der Waals surface area contributed by atoms with Crippen molar-refractivity contribution >= 4 is 5.97 Å². The van der Waals surface area contributed by atoms with Crippen molar-refractivity contribution in [2.45, 2.75) is 33.8 Å². The molecule has 0 aliphatic carbocycles. The van der Waals surface area contributed by atoms with Crippen molar-refractivity contribution in [3.05, 3.63) is 35.9 Å². The molecule has 0 aliphatic rings. The second kappa shape index (κ2) is 6.55. The molecule has 3 heteroatoms. The van der Waals surface area contributed by atoms with E-state index < -0.39 is 0 Å². The van der Waals surface area contributed by atoms with Gasteiger partial charge in [0.2, 0.25) is 0 Å². The molecule has 18 heavy (non-hydrogen) atoms. The summed E-state index contributed by atoms with van der Waals surface area (Å²) in [4.78, 5) is 11.9. The van der Waals surface area contributed by atoms with Crippen molar-refractivity contribution < 1.29 is 14.6 Å². The second-order valence-electron chi connectivity index (χ2n) is 5.28. The molecule has 0 aromatic heterocycles. The van der Waals surface area contributed by atoms with Crippen LogP contribution in [-0.4, -0.2) is 17.7 Å². The number of ether oxygens (including phenoxy) is 1. The van der Waals surface area contributed by atoms with E-state index in [1.165, 1.54) is 0 Å². The molecule has 1 aromatic carbocycles. The Morgan fingerprint density at radius 1 is 1.33 bits per heavy atom. The van der Waals surface area contributed by atoms with Gasteiger partial charge in [0.15, 0.2) is 0 Å². The number of rotatable bonds is 6. The third kappa shape index (κ3) is 4.15. The van der Waals surface area contributed by atoms with Gasteiger partial charge in [-0.2, -0.15) is 0 Å². The van der Waals surface area contributed by atoms with E-state index >= 15 is 0 Å². The molecule has 1 atom stereocenters. The average Bonchev–Trinajstić information content (AvgIpc) is 2.36. The molecule has 0 radical (unpaired) electrons. The Balaban J connectivity index is 2.50. The summed E-state index contributed by atoms with van der Waals surface area (Å²) >= 11 is 0. The van der Waals surface area contributed by atoms with Crippen LogP contribution in [0.25, 0.3) is 0 Å². The lowest BCUT2D eigenvalue weighted by Crippen LogP contribution is -2.31. The van der Waals surface area contributed by atoms with Gasteiger partial charge >= 0.3 is 5.97 Å². The van der Waals surface area contributed by atoms with E-state index in [2.05, 4.69) is 0 Å². The van der Waals surface area contributed by atoms with Crippen LogP contribution in [0.3, 0.4) is 0 Å². The fraction of sp³-hybridized carbons (Fsp3) is 0.533. The summed E-state index contributed by atoms with van der Waals surface area (Å²) in [5.74, 6) is -0.439. The molecule has 3 nitrogen and oxygen atoms in total. The van der Waals surface area contributed by atoms with E-state index in [1.54, 1.807) is 0 Å². The van der Waals surface area contributed by atoms with Crippen LogP contribution in [0.1, 0.15) is 32.8 Å². The molecule has 0 heterocycles. The lowest BCUT2D eigenvalue weighted by molar-refractivity contribution is -0.153. The summed E-state index contributed by atoms with van der Waals surface area (Å²) in [5, 5.41) is 8.99. The Morgan fingerprint density at radius 2 is 1.94 bits per heavy atom. The quantitative estimate of drug-likeness (QED) is 0.790. The summed E-state index contributed by atoms with van der Waals surface area (Å²) in [6, 6.07) is 9.62. The van der Waals surface area contributed by atoms with Crippen molar-refractivity contribution in [1.82, 2.24) is 0 Å². The van der Waals surface area contributed by atoms with E-state index in [4.69, 9.17) is 9.84 Å². The SMILES string of the molecule is CC(C(=O)OCc1ccccc1)C(C)(C)CCO. The average molecular weight is 250 g/mol. The molecule has 100 valence electrons. The summed E-state index contributed by atoms with van der Waals surface area (Å²) < 4.78 is 5.30. The van der Waals surface area contributed by atoms with Crippen molar-refractivity contribution in [3.63, 3.8) is 0 Å². The Labute approximate surface area is 109 Å². The Morgan fingerprint density at radius 3 is 2.50 bits per heavy atom. The maximum atomic E-state index is 11.9. The number of aliphatic hydroxyl groups excluding tert-OH is 1. The van der Waals surface area contributed by atoms with Crippen LogP contribution >= 0.6 is 0 Å². The van der Waals surface area contributed by atoms with Gasteiger partial charge in [-0.25, -0.2) is 0 Å². The minimum absolute atomic E-state index is 0.0866. The molecule has 0 saturated carbocycles. The molecule has 0 amide bonds. The van der Waals surface area contributed by atoms with Gasteiger partial charge in [0.1, 0.15) is 6.61 Å². The first-order chi connectivity index (χ1) is 8.47. The van der Waals surface area contributed by atoms with Gasteiger partial charge in [-0.15, -0.1) is 0 Å². The van der Waals surface area contributed by atoms with Crippen molar-refractivity contribution in [2.75, 3.05) is 6.61 Å². The smallest absolute Gasteiger partial charge is 0.309 e. The molecule has 0 bridgehead atoms. The van der Waals surface area contributed by atoms with Crippen molar-refractivity contribution in [3.8, 4) is 0 Å². The van der Waals surface area contributed by atoms with Crippen LogP contribution in [0.15, 0.2) is 30.3 Å². The van der Waals surface area contributed by atoms with Gasteiger partial charge in [0.05, 0.1) is 5.92 Å². The lowest BCUT2D eigenvalue weighted by atomic mass is 9.77. The van der Waals surface area contributed by atoms with E-state index in [9.17, 15) is 4.79 Å². The van der Waals surface area contributed by atoms with Gasteiger partial charge in [-0.1, -0.05) is 51.1 Å². The van der Waals surface area contributed by atoms with E-state index in [1.807, 2.05) is 51.1 Å². The molecule has 1 rings (SSSR count). The molecule has 0 aliphatic heterocycles. The van der Waals surface area contributed by atoms with E-state index in [0.717, 1.165) is 5.56 Å². The lowest BCUT2D eigenvalue weighted by Gasteiger charge is -2.29. The first-order valence-corrected chi connectivity index (χ1v) is 6.29. The molecule has 1 unspecified atom stereocenters. The predicted octanol–water partition coefficient (Wildman–Crippen LogP) is 2.77. The van der Waals surface area contributed by atoms with Gasteiger partial charge in [0.25, 0.3) is 0 Å². The Hall–Kier alpha value is -1.35. The molecule has 1 N–H and O–H groups in total. The highest BCUT2D eigenvalue weighted by Gasteiger charge is 2.31. The van der Waals surface area contributed by atoms with E-state index in [0.29, 0.717) is 13.0 Å². The summed E-state index contributed by atoms with van der Waals surface area (Å²) in [5.41, 5.74) is 0.737. The number of esters is 1. The van der Waals surface area contributed by atoms with Crippen LogP contribution in [0, 0.1) is 11.3 Å². The van der Waals surface area contributed by atoms with Gasteiger partial charge in [0, 0.05) is 6.61 Å². The Kier molecular flexibility index (Phi) is 5.35. The zero-order chi connectivity index (χ0) is 13.6. The van der Waals surface area contributed by atoms with Gasteiger partial charge in [-0.3, -0.25) is 4.79 Å². The standard InChI is InChI=1S/C15H22O3/c1-12(15(2,3)9-10-16)14(17)18-11-13-7-5-4-6-8-13/h4-8,12,16H,9-11H2,1-3H3. The van der Waals surface area contributed by atoms with Crippen molar-refractivity contribution in [1.29, 1.82) is 0 Å². The highest BCUT2D eigenvalue weighted by atomic mass is 16.5. The van der Waals surface area contributed by atoms with Crippen LogP contribution in [0.2, 0.25) is 0 Å². The topological polar surface area (TPSA) is 46.5 Å². The summed E-state index contributed by atoms with van der Waals surface area (Å²) in [6.45, 7) is 6.18. The molecular weight excluding hydrogens is 228 g/mol. The fourth-order valence-electron chi connectivity index (χ4n) is 1.68. The third-order valence-corrected chi connectivity index (χ3v) is 3.51. The highest BCUT2D eigenvalue weighted by molar-refractivity contribution is 5.72. The molecule has 0 fully saturated rings. The molecule has 0 spiro atoms. The molecule has 1 aromatic rings. The highest BCUT2D eigenvalue weighted by Crippen LogP contribution is 2.31. The largest absolute Gasteiger partial charge is 0.461 e. The first kappa shape index (κ1) is 14.7. The zero-order valence-corrected chi connectivity index (χ0v) is 11.3. The molecule has 0 saturated heterocycles. The zero-order valence-electron chi connectivity index (χ0n) is 11.3. The maximum Gasteiger partial charge on any atom is 0.309 e. The summed E-state index contributed by atoms with van der Waals surface area (Å²) in [6.07, 6.45) is 0.592. The second-order valence-corrected chi connectivity index (χ2v) is 5.28. The van der Waals surface area contributed by atoms with Gasteiger partial charge < -0.3 is 9.84 Å². The van der Waals surface area contributed by atoms with Crippen LogP contribution < -0.4 is 0 Å². The summed E-state index contributed by atoms with van der Waals surface area (Å²) in [7, 11) is 0. The normalized spacial score (nSPS) is 13.1.